The van der Waals surface area contributed by atoms with Gasteiger partial charge < -0.3 is 10.1 Å². The number of amides is 1. The van der Waals surface area contributed by atoms with Crippen LogP contribution in [0.1, 0.15) is 15.9 Å². The van der Waals surface area contributed by atoms with E-state index in [4.69, 9.17) is 16.3 Å². The number of esters is 1. The highest BCUT2D eigenvalue weighted by molar-refractivity contribution is 7.98. The predicted molar refractivity (Wildman–Crippen MR) is 135 cm³/mol. The first-order chi connectivity index (χ1) is 16.1. The summed E-state index contributed by atoms with van der Waals surface area (Å²) in [6.45, 7) is 1.40. The summed E-state index contributed by atoms with van der Waals surface area (Å²) in [5.74, 6) is -1.25. The second-order valence-corrected chi connectivity index (χ2v) is 10.4. The SMILES string of the molecule is COC(=O)c1cc(NC(=O)CN(c2ccc(C)cc2)S(=O)(=O)c2ccc(SC)cc2)ccc1Cl. The van der Waals surface area contributed by atoms with Crippen LogP contribution in [0, 0.1) is 6.92 Å². The van der Waals surface area contributed by atoms with Crippen LogP contribution in [-0.4, -0.2) is 40.2 Å². The molecule has 0 unspecified atom stereocenters. The number of methoxy groups -OCH3 is 1. The Morgan fingerprint density at radius 2 is 1.68 bits per heavy atom. The summed E-state index contributed by atoms with van der Waals surface area (Å²) in [6, 6.07) is 17.6. The maximum absolute atomic E-state index is 13.5. The summed E-state index contributed by atoms with van der Waals surface area (Å²) < 4.78 is 32.7. The molecular formula is C24H23ClN2O5S2. The fourth-order valence-corrected chi connectivity index (χ4v) is 5.13. The molecule has 0 aromatic heterocycles. The van der Waals surface area contributed by atoms with Crippen LogP contribution in [0.15, 0.2) is 76.5 Å². The maximum atomic E-state index is 13.5. The van der Waals surface area contributed by atoms with Crippen molar-refractivity contribution in [2.24, 2.45) is 0 Å². The molecule has 0 radical (unpaired) electrons. The minimum atomic E-state index is -4.04. The van der Waals surface area contributed by atoms with E-state index in [1.165, 1.54) is 49.2 Å². The maximum Gasteiger partial charge on any atom is 0.339 e. The van der Waals surface area contributed by atoms with Gasteiger partial charge in [-0.2, -0.15) is 0 Å². The molecule has 1 amide bonds. The highest BCUT2D eigenvalue weighted by atomic mass is 35.5. The van der Waals surface area contributed by atoms with Gasteiger partial charge in [-0.25, -0.2) is 13.2 Å². The van der Waals surface area contributed by atoms with Gasteiger partial charge in [-0.1, -0.05) is 29.3 Å². The number of nitrogens with one attached hydrogen (secondary N) is 1. The van der Waals surface area contributed by atoms with E-state index in [1.807, 2.05) is 13.2 Å². The summed E-state index contributed by atoms with van der Waals surface area (Å²) >= 11 is 7.53. The van der Waals surface area contributed by atoms with E-state index < -0.39 is 28.4 Å². The molecule has 1 N–H and O–H groups in total. The number of rotatable bonds is 8. The molecule has 3 rings (SSSR count). The van der Waals surface area contributed by atoms with Crippen molar-refractivity contribution in [3.8, 4) is 0 Å². The van der Waals surface area contributed by atoms with Crippen LogP contribution in [0.2, 0.25) is 5.02 Å². The summed E-state index contributed by atoms with van der Waals surface area (Å²) in [5, 5.41) is 2.80. The number of anilines is 2. The molecule has 0 heterocycles. The highest BCUT2D eigenvalue weighted by Gasteiger charge is 2.27. The lowest BCUT2D eigenvalue weighted by atomic mass is 10.2. The largest absolute Gasteiger partial charge is 0.465 e. The normalized spacial score (nSPS) is 11.1. The van der Waals surface area contributed by atoms with E-state index >= 15 is 0 Å². The molecule has 178 valence electrons. The molecule has 0 saturated heterocycles. The van der Waals surface area contributed by atoms with Crippen LogP contribution in [0.3, 0.4) is 0 Å². The number of aryl methyl sites for hydroxylation is 1. The van der Waals surface area contributed by atoms with Gasteiger partial charge in [-0.05, 0) is 67.8 Å². The van der Waals surface area contributed by atoms with Crippen LogP contribution >= 0.6 is 23.4 Å². The van der Waals surface area contributed by atoms with Gasteiger partial charge in [-0.15, -0.1) is 11.8 Å². The average molecular weight is 519 g/mol. The fraction of sp³-hybridized carbons (Fsp3) is 0.167. The molecule has 0 spiro atoms. The minimum Gasteiger partial charge on any atom is -0.465 e. The number of thioether (sulfide) groups is 1. The number of carbonyl (C=O) groups is 2. The molecule has 10 heteroatoms. The first-order valence-corrected chi connectivity index (χ1v) is 13.1. The molecular weight excluding hydrogens is 496 g/mol. The molecule has 0 aliphatic heterocycles. The number of halogens is 1. The Labute approximate surface area is 208 Å². The Hall–Kier alpha value is -3.01. The third kappa shape index (κ3) is 5.91. The Bertz CT molecular complexity index is 1290. The van der Waals surface area contributed by atoms with Crippen molar-refractivity contribution in [3.05, 3.63) is 82.9 Å². The number of ether oxygens (including phenoxy) is 1. The fourth-order valence-electron chi connectivity index (χ4n) is 3.10. The van der Waals surface area contributed by atoms with E-state index in [0.717, 1.165) is 14.8 Å². The summed E-state index contributed by atoms with van der Waals surface area (Å²) in [7, 11) is -2.82. The quantitative estimate of drug-likeness (QED) is 0.333. The molecule has 0 aliphatic rings. The molecule has 0 saturated carbocycles. The van der Waals surface area contributed by atoms with Crippen LogP contribution in [0.5, 0.6) is 0 Å². The zero-order valence-electron chi connectivity index (χ0n) is 18.7. The van der Waals surface area contributed by atoms with Gasteiger partial charge in [0.2, 0.25) is 5.91 Å². The van der Waals surface area contributed by atoms with Crippen molar-refractivity contribution in [1.82, 2.24) is 0 Å². The van der Waals surface area contributed by atoms with Gasteiger partial charge in [-0.3, -0.25) is 9.10 Å². The summed E-state index contributed by atoms with van der Waals surface area (Å²) in [5.41, 5.74) is 1.66. The van der Waals surface area contributed by atoms with E-state index in [2.05, 4.69) is 5.32 Å². The number of carbonyl (C=O) groups excluding carboxylic acids is 2. The van der Waals surface area contributed by atoms with Crippen molar-refractivity contribution >= 4 is 56.6 Å². The zero-order chi connectivity index (χ0) is 24.9. The van der Waals surface area contributed by atoms with Crippen molar-refractivity contribution in [3.63, 3.8) is 0 Å². The first kappa shape index (κ1) is 25.6. The van der Waals surface area contributed by atoms with Crippen molar-refractivity contribution in [1.29, 1.82) is 0 Å². The van der Waals surface area contributed by atoms with Gasteiger partial charge in [0, 0.05) is 10.6 Å². The number of sulfonamides is 1. The van der Waals surface area contributed by atoms with Crippen molar-refractivity contribution in [2.75, 3.05) is 29.5 Å². The number of hydrogen-bond acceptors (Lipinski definition) is 6. The van der Waals surface area contributed by atoms with Gasteiger partial charge in [0.1, 0.15) is 6.54 Å². The second kappa shape index (κ2) is 10.9. The number of nitrogens with zero attached hydrogens (tertiary/aromatic N) is 1. The van der Waals surface area contributed by atoms with Crippen molar-refractivity contribution in [2.45, 2.75) is 16.7 Å². The molecule has 0 aliphatic carbocycles. The summed E-state index contributed by atoms with van der Waals surface area (Å²) in [6.07, 6.45) is 1.90. The topological polar surface area (TPSA) is 92.8 Å². The molecule has 0 fully saturated rings. The van der Waals surface area contributed by atoms with E-state index in [0.29, 0.717) is 5.69 Å². The van der Waals surface area contributed by atoms with Crippen LogP contribution in [0.4, 0.5) is 11.4 Å². The average Bonchev–Trinajstić information content (AvgIpc) is 2.84. The van der Waals surface area contributed by atoms with E-state index in [1.54, 1.807) is 36.4 Å². The Morgan fingerprint density at radius 3 is 2.26 bits per heavy atom. The monoisotopic (exact) mass is 518 g/mol. The Kier molecular flexibility index (Phi) is 8.24. The number of hydrogen-bond donors (Lipinski definition) is 1. The van der Waals surface area contributed by atoms with Gasteiger partial charge >= 0.3 is 5.97 Å². The molecule has 3 aromatic rings. The van der Waals surface area contributed by atoms with Crippen LogP contribution in [-0.2, 0) is 19.6 Å². The van der Waals surface area contributed by atoms with Gasteiger partial charge in [0.05, 0.1) is 28.3 Å². The minimum absolute atomic E-state index is 0.0677. The lowest BCUT2D eigenvalue weighted by Gasteiger charge is -2.24. The van der Waals surface area contributed by atoms with Crippen molar-refractivity contribution < 1.29 is 22.7 Å². The molecule has 3 aromatic carbocycles. The third-order valence-corrected chi connectivity index (χ3v) is 7.77. The Balaban J connectivity index is 1.92. The highest BCUT2D eigenvalue weighted by Crippen LogP contribution is 2.26. The van der Waals surface area contributed by atoms with E-state index in [9.17, 15) is 18.0 Å². The van der Waals surface area contributed by atoms with E-state index in [-0.39, 0.29) is 21.2 Å². The lowest BCUT2D eigenvalue weighted by molar-refractivity contribution is -0.114. The predicted octanol–water partition coefficient (Wildman–Crippen LogP) is 4.99. The zero-order valence-corrected chi connectivity index (χ0v) is 21.1. The molecule has 0 atom stereocenters. The number of benzene rings is 3. The smallest absolute Gasteiger partial charge is 0.339 e. The standard InChI is InChI=1S/C24H23ClN2O5S2/c1-16-4-7-18(8-5-16)27(34(30,31)20-11-9-19(33-3)10-12-20)15-23(28)26-17-6-13-22(25)21(14-17)24(29)32-2/h4-14H,15H2,1-3H3,(H,26,28). The lowest BCUT2D eigenvalue weighted by Crippen LogP contribution is -2.38. The van der Waals surface area contributed by atoms with Gasteiger partial charge in [0.15, 0.2) is 0 Å². The second-order valence-electron chi connectivity index (χ2n) is 7.26. The molecule has 0 bridgehead atoms. The van der Waals surface area contributed by atoms with Gasteiger partial charge in [0.25, 0.3) is 10.0 Å². The third-order valence-electron chi connectivity index (χ3n) is 4.91. The summed E-state index contributed by atoms with van der Waals surface area (Å²) in [4.78, 5) is 25.8. The molecule has 34 heavy (non-hydrogen) atoms. The van der Waals surface area contributed by atoms with Crippen LogP contribution in [0.25, 0.3) is 0 Å². The van der Waals surface area contributed by atoms with Crippen LogP contribution < -0.4 is 9.62 Å². The Morgan fingerprint density at radius 1 is 1.03 bits per heavy atom. The molecule has 7 nitrogen and oxygen atoms in total. The first-order valence-electron chi connectivity index (χ1n) is 10.1.